The molecule has 0 aliphatic rings. The van der Waals surface area contributed by atoms with E-state index in [0.29, 0.717) is 13.2 Å². The van der Waals surface area contributed by atoms with Gasteiger partial charge in [0.25, 0.3) is 0 Å². The van der Waals surface area contributed by atoms with E-state index < -0.39 is 6.10 Å². The highest BCUT2D eigenvalue weighted by molar-refractivity contribution is 5.85. The van der Waals surface area contributed by atoms with Crippen molar-refractivity contribution in [3.63, 3.8) is 0 Å². The van der Waals surface area contributed by atoms with E-state index in [1.54, 1.807) is 0 Å². The number of aromatic nitrogens is 2. The number of para-hydroxylation sites is 3. The fourth-order valence-electron chi connectivity index (χ4n) is 3.86. The van der Waals surface area contributed by atoms with Crippen molar-refractivity contribution in [2.75, 3.05) is 6.61 Å². The monoisotopic (exact) mass is 466 g/mol. The number of hydrogen-bond acceptors (Lipinski definition) is 4. The predicted molar refractivity (Wildman–Crippen MR) is 135 cm³/mol. The summed E-state index contributed by atoms with van der Waals surface area (Å²) in [5.74, 6) is 2.42. The van der Waals surface area contributed by atoms with Crippen LogP contribution in [-0.2, 0) is 13.2 Å². The molecule has 4 rings (SSSR count). The van der Waals surface area contributed by atoms with Gasteiger partial charge in [0.2, 0.25) is 0 Å². The molecular weight excluding hydrogens is 436 g/mol. The molecular formula is C27H31ClN2O3. The van der Waals surface area contributed by atoms with Crippen molar-refractivity contribution >= 4 is 23.4 Å². The Morgan fingerprint density at radius 3 is 2.30 bits per heavy atom. The number of rotatable bonds is 8. The minimum Gasteiger partial charge on any atom is -0.491 e. The Hall–Kier alpha value is -3.02. The summed E-state index contributed by atoms with van der Waals surface area (Å²) < 4.78 is 14.0. The number of aryl methyl sites for hydroxylation is 4. The molecule has 174 valence electrons. The molecule has 0 saturated heterocycles. The first-order chi connectivity index (χ1) is 15.4. The van der Waals surface area contributed by atoms with Crippen LogP contribution in [-0.4, -0.2) is 27.4 Å². The van der Waals surface area contributed by atoms with Crippen LogP contribution in [0.2, 0.25) is 0 Å². The molecule has 0 saturated carbocycles. The Morgan fingerprint density at radius 1 is 0.848 bits per heavy atom. The van der Waals surface area contributed by atoms with Crippen LogP contribution >= 0.6 is 12.4 Å². The zero-order valence-electron chi connectivity index (χ0n) is 19.5. The van der Waals surface area contributed by atoms with Crippen LogP contribution in [0.3, 0.4) is 0 Å². The molecule has 1 atom stereocenters. The lowest BCUT2D eigenvalue weighted by Gasteiger charge is -2.17. The fourth-order valence-corrected chi connectivity index (χ4v) is 3.86. The van der Waals surface area contributed by atoms with Gasteiger partial charge in [-0.2, -0.15) is 0 Å². The maximum absolute atomic E-state index is 10.7. The van der Waals surface area contributed by atoms with Crippen molar-refractivity contribution in [1.29, 1.82) is 0 Å². The predicted octanol–water partition coefficient (Wildman–Crippen LogP) is 5.71. The second-order valence-corrected chi connectivity index (χ2v) is 8.35. The van der Waals surface area contributed by atoms with Gasteiger partial charge in [-0.25, -0.2) is 4.98 Å². The smallest absolute Gasteiger partial charge is 0.148 e. The molecule has 33 heavy (non-hydrogen) atoms. The minimum atomic E-state index is -0.687. The molecule has 0 amide bonds. The van der Waals surface area contributed by atoms with Crippen molar-refractivity contribution in [3.05, 3.63) is 88.7 Å². The van der Waals surface area contributed by atoms with Gasteiger partial charge in [0.1, 0.15) is 36.6 Å². The van der Waals surface area contributed by atoms with Gasteiger partial charge in [-0.1, -0.05) is 36.4 Å². The number of benzene rings is 3. The Balaban J connectivity index is 0.00000306. The van der Waals surface area contributed by atoms with E-state index >= 15 is 0 Å². The molecule has 0 aliphatic carbocycles. The van der Waals surface area contributed by atoms with Crippen molar-refractivity contribution in [2.24, 2.45) is 0 Å². The standard InChI is InChI=1S/C27H30N2O3.ClH/c1-18-12-13-23(14-21(18)4)31-16-22(30)15-29-25-11-6-5-10-24(25)28-26(29)17-32-27-19(2)8-7-9-20(27)3;/h5-14,22,30H,15-17H2,1-4H3;1H. The summed E-state index contributed by atoms with van der Waals surface area (Å²) in [7, 11) is 0. The SMILES string of the molecule is Cc1ccc(OCC(O)Cn2c(COc3c(C)cccc3C)nc3ccccc32)cc1C.Cl. The van der Waals surface area contributed by atoms with E-state index in [-0.39, 0.29) is 19.0 Å². The van der Waals surface area contributed by atoms with E-state index in [1.165, 1.54) is 11.1 Å². The molecule has 0 bridgehead atoms. The van der Waals surface area contributed by atoms with Gasteiger partial charge >= 0.3 is 0 Å². The van der Waals surface area contributed by atoms with Crippen LogP contribution in [0.1, 0.15) is 28.1 Å². The van der Waals surface area contributed by atoms with Gasteiger partial charge in [-0.15, -0.1) is 12.4 Å². The summed E-state index contributed by atoms with van der Waals surface area (Å²) in [6.07, 6.45) is -0.687. The maximum Gasteiger partial charge on any atom is 0.148 e. The molecule has 6 heteroatoms. The van der Waals surface area contributed by atoms with Crippen molar-refractivity contribution in [2.45, 2.75) is 47.0 Å². The second kappa shape index (κ2) is 10.7. The van der Waals surface area contributed by atoms with E-state index in [4.69, 9.17) is 14.5 Å². The molecule has 1 unspecified atom stereocenters. The van der Waals surface area contributed by atoms with Crippen molar-refractivity contribution < 1.29 is 14.6 Å². The van der Waals surface area contributed by atoms with Gasteiger partial charge < -0.3 is 19.1 Å². The minimum absolute atomic E-state index is 0. The lowest BCUT2D eigenvalue weighted by atomic mass is 10.1. The average molecular weight is 467 g/mol. The number of ether oxygens (including phenoxy) is 2. The molecule has 1 heterocycles. The molecule has 4 aromatic rings. The van der Waals surface area contributed by atoms with Crippen LogP contribution in [0, 0.1) is 27.7 Å². The Kier molecular flexibility index (Phi) is 8.01. The Bertz CT molecular complexity index is 1220. The average Bonchev–Trinajstić information content (AvgIpc) is 3.11. The molecule has 1 N–H and O–H groups in total. The van der Waals surface area contributed by atoms with Crippen molar-refractivity contribution in [3.8, 4) is 11.5 Å². The lowest BCUT2D eigenvalue weighted by Crippen LogP contribution is -2.25. The van der Waals surface area contributed by atoms with Gasteiger partial charge in [-0.05, 0) is 74.2 Å². The molecule has 0 fully saturated rings. The van der Waals surface area contributed by atoms with Gasteiger partial charge in [-0.3, -0.25) is 0 Å². The van der Waals surface area contributed by atoms with E-state index in [2.05, 4.69) is 13.8 Å². The summed E-state index contributed by atoms with van der Waals surface area (Å²) in [6, 6.07) is 20.0. The zero-order valence-corrected chi connectivity index (χ0v) is 20.4. The highest BCUT2D eigenvalue weighted by Crippen LogP contribution is 2.25. The van der Waals surface area contributed by atoms with Crippen LogP contribution in [0.15, 0.2) is 60.7 Å². The molecule has 0 radical (unpaired) electrons. The lowest BCUT2D eigenvalue weighted by molar-refractivity contribution is 0.0917. The third-order valence-electron chi connectivity index (χ3n) is 5.80. The number of fused-ring (bicyclic) bond motifs is 1. The second-order valence-electron chi connectivity index (χ2n) is 8.35. The zero-order chi connectivity index (χ0) is 22.7. The maximum atomic E-state index is 10.7. The Labute approximate surface area is 201 Å². The van der Waals surface area contributed by atoms with Gasteiger partial charge in [0.05, 0.1) is 17.6 Å². The Morgan fingerprint density at radius 2 is 1.58 bits per heavy atom. The summed E-state index contributed by atoms with van der Waals surface area (Å²) in [5, 5.41) is 10.7. The number of nitrogens with zero attached hydrogens (tertiary/aromatic N) is 2. The molecule has 5 nitrogen and oxygen atoms in total. The first-order valence-corrected chi connectivity index (χ1v) is 10.9. The molecule has 0 spiro atoms. The number of halogens is 1. The first kappa shape index (κ1) is 24.6. The number of imidazole rings is 1. The van der Waals surface area contributed by atoms with Crippen LogP contribution in [0.25, 0.3) is 11.0 Å². The third kappa shape index (κ3) is 5.67. The van der Waals surface area contributed by atoms with Gasteiger partial charge in [0.15, 0.2) is 0 Å². The summed E-state index contributed by atoms with van der Waals surface area (Å²) in [5.41, 5.74) is 6.43. The van der Waals surface area contributed by atoms with E-state index in [0.717, 1.165) is 39.5 Å². The molecule has 3 aromatic carbocycles. The number of hydrogen-bond donors (Lipinski definition) is 1. The highest BCUT2D eigenvalue weighted by atomic mass is 35.5. The number of aliphatic hydroxyl groups excluding tert-OH is 1. The van der Waals surface area contributed by atoms with Crippen LogP contribution < -0.4 is 9.47 Å². The molecule has 1 aromatic heterocycles. The quantitative estimate of drug-likeness (QED) is 0.361. The van der Waals surface area contributed by atoms with Crippen LogP contribution in [0.4, 0.5) is 0 Å². The first-order valence-electron chi connectivity index (χ1n) is 10.9. The summed E-state index contributed by atoms with van der Waals surface area (Å²) in [4.78, 5) is 4.77. The fraction of sp³-hybridized carbons (Fsp3) is 0.296. The largest absolute Gasteiger partial charge is 0.491 e. The van der Waals surface area contributed by atoms with Gasteiger partial charge in [0, 0.05) is 0 Å². The van der Waals surface area contributed by atoms with E-state index in [1.807, 2.05) is 79.1 Å². The summed E-state index contributed by atoms with van der Waals surface area (Å²) >= 11 is 0. The summed E-state index contributed by atoms with van der Waals surface area (Å²) in [6.45, 7) is 9.10. The molecule has 0 aliphatic heterocycles. The van der Waals surface area contributed by atoms with Crippen LogP contribution in [0.5, 0.6) is 11.5 Å². The highest BCUT2D eigenvalue weighted by Gasteiger charge is 2.16. The third-order valence-corrected chi connectivity index (χ3v) is 5.80. The topological polar surface area (TPSA) is 56.5 Å². The number of aliphatic hydroxyl groups is 1. The van der Waals surface area contributed by atoms with E-state index in [9.17, 15) is 5.11 Å². The normalized spacial score (nSPS) is 11.8. The van der Waals surface area contributed by atoms with Crippen molar-refractivity contribution in [1.82, 2.24) is 9.55 Å².